The third kappa shape index (κ3) is 3.54. The van der Waals surface area contributed by atoms with Gasteiger partial charge >= 0.3 is 11.9 Å². The summed E-state index contributed by atoms with van der Waals surface area (Å²) in [5.74, 6) is 0.478. The number of benzene rings is 1. The maximum absolute atomic E-state index is 12.9. The van der Waals surface area contributed by atoms with Gasteiger partial charge in [-0.25, -0.2) is 19.3 Å². The highest BCUT2D eigenvalue weighted by atomic mass is 19.4. The van der Waals surface area contributed by atoms with Crippen LogP contribution in [0.15, 0.2) is 41.3 Å². The summed E-state index contributed by atoms with van der Waals surface area (Å²) in [4.78, 5) is 22.9. The maximum atomic E-state index is 12.9. The monoisotopic (exact) mass is 349 g/mol. The van der Waals surface area contributed by atoms with Crippen LogP contribution in [0.3, 0.4) is 0 Å². The SMILES string of the molecule is Cc1cc(C)nc(Nc2c[nH]c(=O)n2-c2cccc(C(F)(F)F)c2)n1. The molecule has 0 unspecified atom stereocenters. The van der Waals surface area contributed by atoms with E-state index in [0.717, 1.165) is 28.1 Å². The molecule has 3 aromatic rings. The minimum atomic E-state index is -4.50. The first-order valence-corrected chi connectivity index (χ1v) is 7.31. The van der Waals surface area contributed by atoms with Crippen LogP contribution >= 0.6 is 0 Å². The molecule has 2 N–H and O–H groups in total. The van der Waals surface area contributed by atoms with E-state index < -0.39 is 17.4 Å². The molecule has 1 aromatic carbocycles. The highest BCUT2D eigenvalue weighted by molar-refractivity contribution is 5.53. The third-order valence-electron chi connectivity index (χ3n) is 3.43. The molecule has 3 rings (SSSR count). The Bertz CT molecular complexity index is 954. The predicted molar refractivity (Wildman–Crippen MR) is 86.2 cm³/mol. The summed E-state index contributed by atoms with van der Waals surface area (Å²) in [5.41, 5.74) is 0.0999. The van der Waals surface area contributed by atoms with Crippen molar-refractivity contribution in [2.24, 2.45) is 0 Å². The second kappa shape index (κ2) is 6.08. The topological polar surface area (TPSA) is 75.6 Å². The molecule has 0 bridgehead atoms. The number of imidazole rings is 1. The molecule has 2 aromatic heterocycles. The predicted octanol–water partition coefficient (Wildman–Crippen LogP) is 3.33. The number of hydrogen-bond donors (Lipinski definition) is 2. The van der Waals surface area contributed by atoms with E-state index >= 15 is 0 Å². The molecule has 6 nitrogen and oxygen atoms in total. The van der Waals surface area contributed by atoms with Crippen molar-refractivity contribution in [1.82, 2.24) is 19.5 Å². The van der Waals surface area contributed by atoms with E-state index in [1.165, 1.54) is 18.3 Å². The van der Waals surface area contributed by atoms with Crippen molar-refractivity contribution in [3.8, 4) is 5.69 Å². The normalized spacial score (nSPS) is 11.6. The van der Waals surface area contributed by atoms with Gasteiger partial charge in [0.25, 0.3) is 0 Å². The van der Waals surface area contributed by atoms with Gasteiger partial charge in [0.2, 0.25) is 5.95 Å². The van der Waals surface area contributed by atoms with Crippen LogP contribution in [0.25, 0.3) is 5.69 Å². The van der Waals surface area contributed by atoms with Crippen LogP contribution in [0.2, 0.25) is 0 Å². The Morgan fingerprint density at radius 1 is 1.12 bits per heavy atom. The van der Waals surface area contributed by atoms with Crippen molar-refractivity contribution < 1.29 is 13.2 Å². The summed E-state index contributed by atoms with van der Waals surface area (Å²) in [7, 11) is 0. The summed E-state index contributed by atoms with van der Waals surface area (Å²) in [5, 5.41) is 2.86. The minimum absolute atomic E-state index is 0.0768. The van der Waals surface area contributed by atoms with Crippen molar-refractivity contribution in [3.63, 3.8) is 0 Å². The fourth-order valence-corrected chi connectivity index (χ4v) is 2.43. The summed E-state index contributed by atoms with van der Waals surface area (Å²) < 4.78 is 39.8. The number of rotatable bonds is 3. The van der Waals surface area contributed by atoms with Crippen LogP contribution < -0.4 is 11.0 Å². The molecule has 0 aliphatic carbocycles. The van der Waals surface area contributed by atoms with Crippen molar-refractivity contribution in [1.29, 1.82) is 0 Å². The van der Waals surface area contributed by atoms with Gasteiger partial charge < -0.3 is 10.3 Å². The Hall–Kier alpha value is -3.10. The molecule has 130 valence electrons. The molecule has 0 spiro atoms. The first-order valence-electron chi connectivity index (χ1n) is 7.31. The molecule has 2 heterocycles. The highest BCUT2D eigenvalue weighted by Crippen LogP contribution is 2.30. The summed E-state index contributed by atoms with van der Waals surface area (Å²) in [6.07, 6.45) is -3.15. The number of aromatic amines is 1. The van der Waals surface area contributed by atoms with Gasteiger partial charge in [0.1, 0.15) is 5.82 Å². The van der Waals surface area contributed by atoms with Crippen molar-refractivity contribution >= 4 is 11.8 Å². The smallest absolute Gasteiger partial charge is 0.310 e. The number of anilines is 2. The van der Waals surface area contributed by atoms with Gasteiger partial charge in [0.05, 0.1) is 11.3 Å². The Labute approximate surface area is 140 Å². The number of nitrogens with zero attached hydrogens (tertiary/aromatic N) is 3. The largest absolute Gasteiger partial charge is 0.416 e. The molecule has 9 heteroatoms. The van der Waals surface area contributed by atoms with Crippen LogP contribution in [0.4, 0.5) is 24.9 Å². The second-order valence-electron chi connectivity index (χ2n) is 5.46. The first-order chi connectivity index (χ1) is 11.7. The number of halogens is 3. The fourth-order valence-electron chi connectivity index (χ4n) is 2.43. The standard InChI is InChI=1S/C16H14F3N5O/c1-9-6-10(2)22-14(21-9)23-13-8-20-15(25)24(13)12-5-3-4-11(7-12)16(17,18)19/h3-8H,1-2H3,(H,20,25)(H,21,22,23). The Morgan fingerprint density at radius 2 is 1.80 bits per heavy atom. The van der Waals surface area contributed by atoms with Crippen LogP contribution in [0, 0.1) is 13.8 Å². The number of nitrogens with one attached hydrogen (secondary N) is 2. The lowest BCUT2D eigenvalue weighted by atomic mass is 10.2. The molecular formula is C16H14F3N5O. The quantitative estimate of drug-likeness (QED) is 0.760. The summed E-state index contributed by atoms with van der Waals surface area (Å²) >= 11 is 0. The Morgan fingerprint density at radius 3 is 2.44 bits per heavy atom. The van der Waals surface area contributed by atoms with Crippen LogP contribution in [0.5, 0.6) is 0 Å². The zero-order valence-electron chi connectivity index (χ0n) is 13.3. The number of aryl methyl sites for hydroxylation is 2. The van der Waals surface area contributed by atoms with E-state index in [-0.39, 0.29) is 17.5 Å². The molecule has 25 heavy (non-hydrogen) atoms. The van der Waals surface area contributed by atoms with Gasteiger partial charge in [-0.1, -0.05) is 6.07 Å². The fraction of sp³-hybridized carbons (Fsp3) is 0.188. The average Bonchev–Trinajstić information content (AvgIpc) is 2.86. The Balaban J connectivity index is 2.04. The number of alkyl halides is 3. The molecule has 0 atom stereocenters. The van der Waals surface area contributed by atoms with Gasteiger partial charge in [-0.2, -0.15) is 13.2 Å². The lowest BCUT2D eigenvalue weighted by molar-refractivity contribution is -0.137. The average molecular weight is 349 g/mol. The second-order valence-corrected chi connectivity index (χ2v) is 5.46. The molecule has 0 radical (unpaired) electrons. The first kappa shape index (κ1) is 16.7. The van der Waals surface area contributed by atoms with E-state index in [1.54, 1.807) is 19.9 Å². The van der Waals surface area contributed by atoms with Crippen LogP contribution in [-0.2, 0) is 6.18 Å². The maximum Gasteiger partial charge on any atom is 0.416 e. The molecule has 0 amide bonds. The van der Waals surface area contributed by atoms with E-state index in [2.05, 4.69) is 20.3 Å². The third-order valence-corrected chi connectivity index (χ3v) is 3.43. The van der Waals surface area contributed by atoms with Gasteiger partial charge in [-0.05, 0) is 38.1 Å². The van der Waals surface area contributed by atoms with E-state index in [9.17, 15) is 18.0 Å². The highest BCUT2D eigenvalue weighted by Gasteiger charge is 2.30. The van der Waals surface area contributed by atoms with E-state index in [1.807, 2.05) is 0 Å². The van der Waals surface area contributed by atoms with Gasteiger partial charge in [-0.15, -0.1) is 0 Å². The Kier molecular flexibility index (Phi) is 4.07. The molecule has 0 fully saturated rings. The molecule has 0 saturated heterocycles. The van der Waals surface area contributed by atoms with Crippen molar-refractivity contribution in [2.45, 2.75) is 20.0 Å². The van der Waals surface area contributed by atoms with Gasteiger partial charge in [0, 0.05) is 17.6 Å². The lowest BCUT2D eigenvalue weighted by Crippen LogP contribution is -2.17. The van der Waals surface area contributed by atoms with E-state index in [0.29, 0.717) is 0 Å². The molecular weight excluding hydrogens is 335 g/mol. The molecule has 0 aliphatic rings. The molecule has 0 saturated carbocycles. The van der Waals surface area contributed by atoms with Crippen LogP contribution in [-0.4, -0.2) is 19.5 Å². The number of H-pyrrole nitrogens is 1. The minimum Gasteiger partial charge on any atom is -0.310 e. The van der Waals surface area contributed by atoms with Crippen molar-refractivity contribution in [2.75, 3.05) is 5.32 Å². The van der Waals surface area contributed by atoms with E-state index in [4.69, 9.17) is 0 Å². The summed E-state index contributed by atoms with van der Waals surface area (Å²) in [6.45, 7) is 3.58. The van der Waals surface area contributed by atoms with Crippen LogP contribution in [0.1, 0.15) is 17.0 Å². The van der Waals surface area contributed by atoms with Gasteiger partial charge in [0.15, 0.2) is 0 Å². The zero-order chi connectivity index (χ0) is 18.2. The summed E-state index contributed by atoms with van der Waals surface area (Å²) in [6, 6.07) is 6.29. The number of aromatic nitrogens is 4. The number of hydrogen-bond acceptors (Lipinski definition) is 4. The zero-order valence-corrected chi connectivity index (χ0v) is 13.3. The molecule has 0 aliphatic heterocycles. The lowest BCUT2D eigenvalue weighted by Gasteiger charge is -2.12. The van der Waals surface area contributed by atoms with Gasteiger partial charge in [-0.3, -0.25) is 0 Å². The van der Waals surface area contributed by atoms with Crippen molar-refractivity contribution in [3.05, 3.63) is 64.0 Å².